The van der Waals surface area contributed by atoms with Gasteiger partial charge in [0.25, 0.3) is 0 Å². The summed E-state index contributed by atoms with van der Waals surface area (Å²) in [7, 11) is 0. The van der Waals surface area contributed by atoms with Crippen LogP contribution in [0, 0.1) is 0 Å². The van der Waals surface area contributed by atoms with E-state index in [9.17, 15) is 14.4 Å². The second-order valence-corrected chi connectivity index (χ2v) is 22.3. The largest absolute Gasteiger partial charge is 0.462 e. The van der Waals surface area contributed by atoms with Gasteiger partial charge < -0.3 is 14.2 Å². The maximum atomic E-state index is 13.0. The van der Waals surface area contributed by atoms with Crippen LogP contribution in [0.3, 0.4) is 0 Å². The fraction of sp³-hybridized carbons (Fsp3) is 0.671. The molecule has 466 valence electrons. The quantitative estimate of drug-likeness (QED) is 0.0261. The Labute approximate surface area is 506 Å². The summed E-state index contributed by atoms with van der Waals surface area (Å²) in [6.07, 6.45) is 97.6. The van der Waals surface area contributed by atoms with Crippen LogP contribution in [0.25, 0.3) is 0 Å². The van der Waals surface area contributed by atoms with Crippen LogP contribution in [-0.2, 0) is 28.6 Å². The second kappa shape index (κ2) is 69.0. The lowest BCUT2D eigenvalue weighted by molar-refractivity contribution is -0.167. The van der Waals surface area contributed by atoms with Crippen molar-refractivity contribution in [2.75, 3.05) is 13.2 Å². The lowest BCUT2D eigenvalue weighted by Gasteiger charge is -2.18. The second-order valence-electron chi connectivity index (χ2n) is 22.3. The molecule has 0 radical (unpaired) electrons. The van der Waals surface area contributed by atoms with Crippen molar-refractivity contribution in [1.82, 2.24) is 0 Å². The topological polar surface area (TPSA) is 78.9 Å². The van der Waals surface area contributed by atoms with Crippen molar-refractivity contribution in [2.45, 2.75) is 316 Å². The van der Waals surface area contributed by atoms with Crippen LogP contribution >= 0.6 is 0 Å². The summed E-state index contributed by atoms with van der Waals surface area (Å²) in [6, 6.07) is 0. The fourth-order valence-electron chi connectivity index (χ4n) is 9.36. The Bertz CT molecular complexity index is 1730. The fourth-order valence-corrected chi connectivity index (χ4v) is 9.36. The lowest BCUT2D eigenvalue weighted by atomic mass is 10.0. The summed E-state index contributed by atoms with van der Waals surface area (Å²) >= 11 is 0. The minimum absolute atomic E-state index is 0.103. The average molecular weight is 1140 g/mol. The van der Waals surface area contributed by atoms with E-state index in [2.05, 4.69) is 154 Å². The van der Waals surface area contributed by atoms with Gasteiger partial charge in [-0.15, -0.1) is 0 Å². The molecule has 0 fully saturated rings. The van der Waals surface area contributed by atoms with Crippen LogP contribution in [0.5, 0.6) is 0 Å². The number of unbranched alkanes of at least 4 members (excludes halogenated alkanes) is 28. The van der Waals surface area contributed by atoms with Crippen molar-refractivity contribution >= 4 is 17.9 Å². The van der Waals surface area contributed by atoms with Crippen molar-refractivity contribution in [1.29, 1.82) is 0 Å². The molecule has 0 amide bonds. The molecule has 0 aliphatic rings. The van der Waals surface area contributed by atoms with E-state index in [1.807, 2.05) is 0 Å². The standard InChI is InChI=1S/C76H126O6/c1-4-7-10-13-16-19-22-25-28-30-32-34-36-37-38-39-40-42-43-45-48-51-54-57-60-63-66-69-75(78)81-72-73(71-80-74(77)68-65-62-59-56-53-50-47-27-24-21-18-15-12-9-6-3)82-76(79)70-67-64-61-58-55-52-49-46-44-41-35-33-31-29-26-23-20-17-14-11-8-5-2/h7,9-10,12,16,18-19,21,25,27-28,32,34,37-38,40,42,45,47-48,53,56,73H,4-6,8,11,13-15,17,20,22-24,26,29-31,33,35-36,39,41,43-44,46,49-52,54-55,57-72H2,1-3H3/b10-7-,12-9-,19-16-,21-18-,28-25-,34-32-,38-37-,42-40-,47-27-,48-45-,56-53-. The number of hydrogen-bond acceptors (Lipinski definition) is 6. The van der Waals surface area contributed by atoms with Gasteiger partial charge in [-0.3, -0.25) is 14.4 Å². The summed E-state index contributed by atoms with van der Waals surface area (Å²) in [5.74, 6) is -0.954. The van der Waals surface area contributed by atoms with E-state index in [4.69, 9.17) is 14.2 Å². The molecular formula is C76H126O6. The average Bonchev–Trinajstić information content (AvgIpc) is 3.47. The van der Waals surface area contributed by atoms with Gasteiger partial charge in [0.2, 0.25) is 0 Å². The number of ether oxygens (including phenoxy) is 3. The molecule has 0 heterocycles. The number of hydrogen-bond donors (Lipinski definition) is 0. The zero-order chi connectivity index (χ0) is 59.2. The molecule has 0 saturated heterocycles. The molecule has 0 spiro atoms. The van der Waals surface area contributed by atoms with Crippen LogP contribution in [0.2, 0.25) is 0 Å². The number of rotatable bonds is 61. The van der Waals surface area contributed by atoms with Crippen molar-refractivity contribution in [3.8, 4) is 0 Å². The molecule has 1 unspecified atom stereocenters. The molecule has 82 heavy (non-hydrogen) atoms. The zero-order valence-electron chi connectivity index (χ0n) is 53.5. The third kappa shape index (κ3) is 66.4. The Morgan fingerprint density at radius 2 is 0.476 bits per heavy atom. The first-order valence-electron chi connectivity index (χ1n) is 34.2. The lowest BCUT2D eigenvalue weighted by Crippen LogP contribution is -2.30. The van der Waals surface area contributed by atoms with E-state index in [1.165, 1.54) is 122 Å². The SMILES string of the molecule is CC/C=C\C/C=C\C/C=C\C/C=C\C/C=C\C/C=C\C/C=C\CCCCCCCC(=O)OCC(COC(=O)CCCC/C=C\C/C=C\C/C=C\C/C=C\CC)OC(=O)CCCCCCCCCCCCCCCCCCCCCCCC. The van der Waals surface area contributed by atoms with Crippen LogP contribution in [-0.4, -0.2) is 37.2 Å². The Balaban J connectivity index is 4.42. The number of carbonyl (C=O) groups excluding carboxylic acids is 3. The van der Waals surface area contributed by atoms with Crippen molar-refractivity contribution in [3.63, 3.8) is 0 Å². The normalized spacial score (nSPS) is 13.0. The maximum absolute atomic E-state index is 13.0. The van der Waals surface area contributed by atoms with E-state index < -0.39 is 6.10 Å². The highest BCUT2D eigenvalue weighted by atomic mass is 16.6. The van der Waals surface area contributed by atoms with Crippen molar-refractivity contribution in [2.24, 2.45) is 0 Å². The molecule has 0 saturated carbocycles. The molecular weight excluding hydrogens is 1010 g/mol. The molecule has 0 aromatic heterocycles. The number of carbonyl (C=O) groups is 3. The summed E-state index contributed by atoms with van der Waals surface area (Å²) < 4.78 is 16.9. The van der Waals surface area contributed by atoms with Crippen LogP contribution < -0.4 is 0 Å². The predicted octanol–water partition coefficient (Wildman–Crippen LogP) is 23.7. The molecule has 6 nitrogen and oxygen atoms in total. The zero-order valence-corrected chi connectivity index (χ0v) is 53.5. The Kier molecular flexibility index (Phi) is 65.3. The van der Waals surface area contributed by atoms with Gasteiger partial charge in [0, 0.05) is 19.3 Å². The first-order chi connectivity index (χ1) is 40.5. The van der Waals surface area contributed by atoms with Gasteiger partial charge in [0.15, 0.2) is 6.10 Å². The third-order valence-electron chi connectivity index (χ3n) is 14.4. The first-order valence-corrected chi connectivity index (χ1v) is 34.2. The smallest absolute Gasteiger partial charge is 0.306 e. The molecule has 0 aromatic carbocycles. The molecule has 0 N–H and O–H groups in total. The number of esters is 3. The Hall–Kier alpha value is -4.45. The molecule has 0 rings (SSSR count). The minimum Gasteiger partial charge on any atom is -0.462 e. The van der Waals surface area contributed by atoms with Gasteiger partial charge in [0.1, 0.15) is 13.2 Å². The molecule has 0 aromatic rings. The first kappa shape index (κ1) is 77.5. The highest BCUT2D eigenvalue weighted by Crippen LogP contribution is 2.17. The summed E-state index contributed by atoms with van der Waals surface area (Å²) in [5, 5.41) is 0. The Morgan fingerprint density at radius 1 is 0.256 bits per heavy atom. The van der Waals surface area contributed by atoms with Gasteiger partial charge in [-0.2, -0.15) is 0 Å². The summed E-state index contributed by atoms with van der Waals surface area (Å²) in [5.41, 5.74) is 0. The minimum atomic E-state index is -0.808. The molecule has 0 aliphatic heterocycles. The van der Waals surface area contributed by atoms with Crippen LogP contribution in [0.15, 0.2) is 134 Å². The Morgan fingerprint density at radius 3 is 0.768 bits per heavy atom. The van der Waals surface area contributed by atoms with Gasteiger partial charge in [-0.1, -0.05) is 309 Å². The molecule has 1 atom stereocenters. The third-order valence-corrected chi connectivity index (χ3v) is 14.4. The summed E-state index contributed by atoms with van der Waals surface area (Å²) in [6.45, 7) is 6.39. The van der Waals surface area contributed by atoms with Crippen molar-refractivity contribution < 1.29 is 28.6 Å². The molecule has 6 heteroatoms. The van der Waals surface area contributed by atoms with Gasteiger partial charge in [-0.05, 0) is 116 Å². The van der Waals surface area contributed by atoms with Gasteiger partial charge >= 0.3 is 17.9 Å². The number of allylic oxidation sites excluding steroid dienone is 22. The monoisotopic (exact) mass is 1130 g/mol. The van der Waals surface area contributed by atoms with Gasteiger partial charge in [-0.25, -0.2) is 0 Å². The van der Waals surface area contributed by atoms with E-state index in [-0.39, 0.29) is 31.1 Å². The maximum Gasteiger partial charge on any atom is 0.306 e. The van der Waals surface area contributed by atoms with Crippen molar-refractivity contribution in [3.05, 3.63) is 134 Å². The van der Waals surface area contributed by atoms with Crippen LogP contribution in [0.1, 0.15) is 310 Å². The van der Waals surface area contributed by atoms with E-state index >= 15 is 0 Å². The molecule has 0 bridgehead atoms. The van der Waals surface area contributed by atoms with Gasteiger partial charge in [0.05, 0.1) is 0 Å². The molecule has 0 aliphatic carbocycles. The van der Waals surface area contributed by atoms with E-state index in [0.717, 1.165) is 148 Å². The van der Waals surface area contributed by atoms with E-state index in [0.29, 0.717) is 19.3 Å². The van der Waals surface area contributed by atoms with Crippen LogP contribution in [0.4, 0.5) is 0 Å². The summed E-state index contributed by atoms with van der Waals surface area (Å²) in [4.78, 5) is 38.4. The highest BCUT2D eigenvalue weighted by molar-refractivity contribution is 5.71. The van der Waals surface area contributed by atoms with E-state index in [1.54, 1.807) is 0 Å². The highest BCUT2D eigenvalue weighted by Gasteiger charge is 2.19. The predicted molar refractivity (Wildman–Crippen MR) is 357 cm³/mol.